The number of hydrogen-bond acceptors (Lipinski definition) is 5. The van der Waals surface area contributed by atoms with Crippen LogP contribution >= 0.6 is 7.82 Å². The van der Waals surface area contributed by atoms with Gasteiger partial charge in [-0.15, -0.1) is 0 Å². The summed E-state index contributed by atoms with van der Waals surface area (Å²) in [4.78, 5) is 22.7. The molecule has 1 aromatic carbocycles. The smallest absolute Gasteiger partial charge is 0.472 e. The highest BCUT2D eigenvalue weighted by Crippen LogP contribution is 2.44. The zero-order valence-electron chi connectivity index (χ0n) is 27.6. The van der Waals surface area contributed by atoms with Gasteiger partial charge in [0.25, 0.3) is 0 Å². The molecular formula is C34H63NO6P+. The van der Waals surface area contributed by atoms with Crippen molar-refractivity contribution in [3.05, 3.63) is 29.8 Å². The van der Waals surface area contributed by atoms with Gasteiger partial charge in [0, 0.05) is 12.8 Å². The van der Waals surface area contributed by atoms with Gasteiger partial charge in [-0.3, -0.25) is 13.8 Å². The van der Waals surface area contributed by atoms with Gasteiger partial charge in [0.2, 0.25) is 0 Å². The van der Waals surface area contributed by atoms with E-state index in [-0.39, 0.29) is 24.9 Å². The summed E-state index contributed by atoms with van der Waals surface area (Å²) in [5.74, 6) is 0.751. The average molecular weight is 613 g/mol. The van der Waals surface area contributed by atoms with E-state index in [1.165, 1.54) is 64.2 Å². The molecule has 0 fully saturated rings. The molecule has 244 valence electrons. The number of Topliss-reactive ketones (excluding diaryl/α,β-unsaturated/α-hetero) is 1. The van der Waals surface area contributed by atoms with Gasteiger partial charge in [-0.25, -0.2) is 4.57 Å². The minimum absolute atomic E-state index is 0.00800. The maximum atomic E-state index is 12.5. The van der Waals surface area contributed by atoms with Gasteiger partial charge in [0.15, 0.2) is 0 Å². The Balaban J connectivity index is 2.45. The third-order valence-electron chi connectivity index (χ3n) is 7.44. The molecule has 1 aromatic rings. The molecular weight excluding hydrogens is 549 g/mol. The molecule has 0 amide bonds. The molecule has 0 spiro atoms. The third kappa shape index (κ3) is 22.3. The molecule has 0 radical (unpaired) electrons. The lowest BCUT2D eigenvalue weighted by Gasteiger charge is -2.23. The van der Waals surface area contributed by atoms with Crippen LogP contribution in [0.3, 0.4) is 0 Å². The monoisotopic (exact) mass is 612 g/mol. The first-order chi connectivity index (χ1) is 20.0. The molecule has 0 heterocycles. The quantitative estimate of drug-likeness (QED) is 0.0578. The number of phosphoric acid groups is 1. The van der Waals surface area contributed by atoms with E-state index >= 15 is 0 Å². The summed E-state index contributed by atoms with van der Waals surface area (Å²) in [5.41, 5.74) is 1.03. The van der Waals surface area contributed by atoms with E-state index in [1.807, 2.05) is 31.2 Å². The van der Waals surface area contributed by atoms with Crippen LogP contribution in [-0.2, 0) is 24.8 Å². The van der Waals surface area contributed by atoms with Crippen molar-refractivity contribution >= 4 is 13.6 Å². The Morgan fingerprint density at radius 3 is 2.07 bits per heavy atom. The van der Waals surface area contributed by atoms with Gasteiger partial charge < -0.3 is 14.1 Å². The van der Waals surface area contributed by atoms with E-state index in [1.54, 1.807) is 0 Å². The first kappa shape index (κ1) is 38.8. The predicted octanol–water partition coefficient (Wildman–Crippen LogP) is 8.91. The maximum Gasteiger partial charge on any atom is 0.472 e. The van der Waals surface area contributed by atoms with Crippen LogP contribution in [0, 0.1) is 5.92 Å². The summed E-state index contributed by atoms with van der Waals surface area (Å²) in [7, 11) is 2.16. The Hall–Kier alpha value is -1.24. The molecule has 0 aliphatic carbocycles. The topological polar surface area (TPSA) is 82.1 Å². The minimum Gasteiger partial charge on any atom is -0.494 e. The number of ketones is 1. The molecule has 1 rings (SSSR count). The summed E-state index contributed by atoms with van der Waals surface area (Å²) >= 11 is 0. The first-order valence-corrected chi connectivity index (χ1v) is 18.2. The molecule has 0 bridgehead atoms. The minimum atomic E-state index is -4.18. The van der Waals surface area contributed by atoms with E-state index in [0.717, 1.165) is 41.6 Å². The van der Waals surface area contributed by atoms with E-state index in [0.29, 0.717) is 32.3 Å². The summed E-state index contributed by atoms with van der Waals surface area (Å²) in [6.07, 6.45) is 18.1. The third-order valence-corrected chi connectivity index (χ3v) is 8.42. The van der Waals surface area contributed by atoms with Crippen molar-refractivity contribution in [2.45, 2.75) is 123 Å². The average Bonchev–Trinajstić information content (AvgIpc) is 2.92. The number of nitrogens with zero attached hydrogens (tertiary/aromatic N) is 1. The van der Waals surface area contributed by atoms with Crippen molar-refractivity contribution in [3.8, 4) is 5.75 Å². The van der Waals surface area contributed by atoms with Crippen LogP contribution < -0.4 is 4.74 Å². The number of carbonyl (C=O) groups is 1. The highest BCUT2D eigenvalue weighted by Gasteiger charge is 2.25. The van der Waals surface area contributed by atoms with Gasteiger partial charge in [-0.1, -0.05) is 90.2 Å². The SMILES string of the molecule is CCCCCCCCCCCCCOc1cccc(CC(COP(=O)(O)OCCCC[N+](C)(C)C)CC(=O)CCC)c1. The molecule has 0 saturated carbocycles. The number of benzene rings is 1. The van der Waals surface area contributed by atoms with Gasteiger partial charge >= 0.3 is 7.82 Å². The fourth-order valence-corrected chi connectivity index (χ4v) is 5.88. The molecule has 0 saturated heterocycles. The van der Waals surface area contributed by atoms with Crippen LogP contribution in [0.25, 0.3) is 0 Å². The highest BCUT2D eigenvalue weighted by atomic mass is 31.2. The molecule has 8 heteroatoms. The lowest BCUT2D eigenvalue weighted by atomic mass is 9.94. The Labute approximate surface area is 257 Å². The fraction of sp³-hybridized carbons (Fsp3) is 0.794. The maximum absolute atomic E-state index is 12.5. The van der Waals surface area contributed by atoms with E-state index in [2.05, 4.69) is 28.1 Å². The second-order valence-electron chi connectivity index (χ2n) is 12.9. The second kappa shape index (κ2) is 23.2. The number of rotatable bonds is 28. The standard InChI is InChI=1S/C34H62NO6P/c1-6-8-9-10-11-12-13-14-15-16-18-25-39-34-23-20-22-31(29-34)27-32(28-33(36)21-7-2)30-41-42(37,38)40-26-19-17-24-35(3,4)5/h20,22-23,29,32H,6-19,21,24-28,30H2,1-5H3/p+1. The number of ether oxygens (including phenoxy) is 1. The summed E-state index contributed by atoms with van der Waals surface area (Å²) < 4.78 is 29.9. The van der Waals surface area contributed by atoms with Gasteiger partial charge in [-0.05, 0) is 55.7 Å². The number of unbranched alkanes of at least 4 members (excludes halogenated alkanes) is 11. The number of hydrogen-bond donors (Lipinski definition) is 1. The van der Waals surface area contributed by atoms with Crippen molar-refractivity contribution in [1.82, 2.24) is 0 Å². The Kier molecular flexibility index (Phi) is 21.4. The number of carbonyl (C=O) groups excluding carboxylic acids is 1. The van der Waals surface area contributed by atoms with Crippen LogP contribution in [0.15, 0.2) is 24.3 Å². The number of phosphoric ester groups is 1. The van der Waals surface area contributed by atoms with E-state index < -0.39 is 7.82 Å². The van der Waals surface area contributed by atoms with Crippen LogP contribution in [0.2, 0.25) is 0 Å². The first-order valence-electron chi connectivity index (χ1n) is 16.7. The molecule has 7 nitrogen and oxygen atoms in total. The van der Waals surface area contributed by atoms with E-state index in [4.69, 9.17) is 13.8 Å². The Morgan fingerprint density at radius 2 is 1.45 bits per heavy atom. The van der Waals surface area contributed by atoms with Crippen molar-refractivity contribution in [2.75, 3.05) is 47.5 Å². The predicted molar refractivity (Wildman–Crippen MR) is 174 cm³/mol. The van der Waals surface area contributed by atoms with Crippen molar-refractivity contribution in [3.63, 3.8) is 0 Å². The lowest BCUT2D eigenvalue weighted by Crippen LogP contribution is -2.35. The zero-order chi connectivity index (χ0) is 31.1. The van der Waals surface area contributed by atoms with Crippen LogP contribution in [0.1, 0.15) is 122 Å². The van der Waals surface area contributed by atoms with Crippen molar-refractivity contribution in [1.29, 1.82) is 0 Å². The molecule has 1 N–H and O–H groups in total. The van der Waals surface area contributed by atoms with Gasteiger partial charge in [0.1, 0.15) is 11.5 Å². The summed E-state index contributed by atoms with van der Waals surface area (Å²) in [5, 5.41) is 0. The van der Waals surface area contributed by atoms with Gasteiger partial charge in [0.05, 0.1) is 47.5 Å². The normalized spacial score (nSPS) is 14.0. The Bertz CT molecular complexity index is 872. The van der Waals surface area contributed by atoms with Crippen LogP contribution in [0.5, 0.6) is 5.75 Å². The van der Waals surface area contributed by atoms with Crippen molar-refractivity contribution < 1.29 is 32.5 Å². The summed E-state index contributed by atoms with van der Waals surface area (Å²) in [6, 6.07) is 7.95. The van der Waals surface area contributed by atoms with Crippen molar-refractivity contribution in [2.24, 2.45) is 5.92 Å². The second-order valence-corrected chi connectivity index (χ2v) is 14.4. The molecule has 2 atom stereocenters. The number of quaternary nitrogens is 1. The zero-order valence-corrected chi connectivity index (χ0v) is 28.5. The van der Waals surface area contributed by atoms with Crippen LogP contribution in [-0.4, -0.2) is 62.7 Å². The van der Waals surface area contributed by atoms with Gasteiger partial charge in [-0.2, -0.15) is 0 Å². The lowest BCUT2D eigenvalue weighted by molar-refractivity contribution is -0.870. The summed E-state index contributed by atoms with van der Waals surface area (Å²) in [6.45, 7) is 6.06. The molecule has 42 heavy (non-hydrogen) atoms. The largest absolute Gasteiger partial charge is 0.494 e. The molecule has 0 aliphatic rings. The fourth-order valence-electron chi connectivity index (χ4n) is 5.05. The molecule has 0 aliphatic heterocycles. The van der Waals surface area contributed by atoms with E-state index in [9.17, 15) is 14.3 Å². The molecule has 2 unspecified atom stereocenters. The highest BCUT2D eigenvalue weighted by molar-refractivity contribution is 7.47. The van der Waals surface area contributed by atoms with Crippen LogP contribution in [0.4, 0.5) is 0 Å². The molecule has 0 aromatic heterocycles. The Morgan fingerprint density at radius 1 is 0.833 bits per heavy atom.